The van der Waals surface area contributed by atoms with Crippen LogP contribution in [0.5, 0.6) is 11.6 Å². The number of hydrogen-bond acceptors (Lipinski definition) is 9. The van der Waals surface area contributed by atoms with Gasteiger partial charge in [0, 0.05) is 44.3 Å². The summed E-state index contributed by atoms with van der Waals surface area (Å²) in [6.07, 6.45) is 6.98. The molecule has 210 valence electrons. The van der Waals surface area contributed by atoms with Gasteiger partial charge in [0.05, 0.1) is 22.1 Å². The van der Waals surface area contributed by atoms with Crippen LogP contribution in [0.3, 0.4) is 0 Å². The van der Waals surface area contributed by atoms with Crippen molar-refractivity contribution >= 4 is 16.0 Å². The number of likely N-dealkylation sites (tertiary alicyclic amines) is 1. The smallest absolute Gasteiger partial charge is 0.238 e. The average Bonchev–Trinajstić information content (AvgIpc) is 2.96. The van der Waals surface area contributed by atoms with Crippen LogP contribution >= 0.6 is 0 Å². The summed E-state index contributed by atoms with van der Waals surface area (Å²) in [7, 11) is -3.69. The molecule has 1 aliphatic rings. The molecule has 1 aliphatic heterocycles. The Morgan fingerprint density at radius 2 is 1.73 bits per heavy atom. The number of aryl methyl sites for hydroxylation is 2. The number of nitrogens with one attached hydrogen (secondary N) is 1. The van der Waals surface area contributed by atoms with Crippen molar-refractivity contribution in [3.8, 4) is 28.8 Å². The first-order valence-electron chi connectivity index (χ1n) is 13.3. The molecular formula is C30H31N7O3S. The summed E-state index contributed by atoms with van der Waals surface area (Å²) in [5.41, 5.74) is 4.94. The third kappa shape index (κ3) is 6.86. The zero-order valence-electron chi connectivity index (χ0n) is 22.9. The molecule has 1 fully saturated rings. The fraction of sp³-hybridized carbons (Fsp3) is 0.267. The molecule has 0 atom stereocenters. The van der Waals surface area contributed by atoms with E-state index in [4.69, 9.17) is 14.9 Å². The van der Waals surface area contributed by atoms with Crippen LogP contribution in [0.4, 0.5) is 5.95 Å². The van der Waals surface area contributed by atoms with Crippen molar-refractivity contribution in [2.75, 3.05) is 18.4 Å². The van der Waals surface area contributed by atoms with Gasteiger partial charge in [0.1, 0.15) is 5.75 Å². The number of ether oxygens (including phenoxy) is 1. The SMILES string of the molecule is Cc1cc(C#N)cc(C)c1Oc1nc(NC2CCN(Cc3ccc(S(N)(=O)=O)cc3)CC2)ncc1-c1ccncc1. The molecule has 1 saturated heterocycles. The minimum Gasteiger partial charge on any atom is -0.438 e. The number of nitriles is 1. The monoisotopic (exact) mass is 569 g/mol. The fourth-order valence-electron chi connectivity index (χ4n) is 4.98. The molecule has 0 saturated carbocycles. The Balaban J connectivity index is 1.29. The van der Waals surface area contributed by atoms with Crippen LogP contribution in [-0.4, -0.2) is 47.4 Å². The highest BCUT2D eigenvalue weighted by molar-refractivity contribution is 7.89. The van der Waals surface area contributed by atoms with E-state index in [1.165, 1.54) is 0 Å². The predicted octanol–water partition coefficient (Wildman–Crippen LogP) is 4.54. The molecule has 3 heterocycles. The summed E-state index contributed by atoms with van der Waals surface area (Å²) < 4.78 is 29.4. The second-order valence-corrected chi connectivity index (χ2v) is 11.7. The lowest BCUT2D eigenvalue weighted by Crippen LogP contribution is -2.39. The first-order valence-corrected chi connectivity index (χ1v) is 14.8. The van der Waals surface area contributed by atoms with E-state index in [0.717, 1.165) is 60.3 Å². The lowest BCUT2D eigenvalue weighted by atomic mass is 10.0. The number of primary sulfonamides is 1. The molecule has 3 N–H and O–H groups in total. The summed E-state index contributed by atoms with van der Waals surface area (Å²) in [4.78, 5) is 15.9. The van der Waals surface area contributed by atoms with E-state index < -0.39 is 10.0 Å². The topological polar surface area (TPSA) is 147 Å². The number of rotatable bonds is 8. The largest absolute Gasteiger partial charge is 0.438 e. The van der Waals surface area contributed by atoms with Crippen molar-refractivity contribution in [2.45, 2.75) is 44.2 Å². The lowest BCUT2D eigenvalue weighted by Gasteiger charge is -2.32. The average molecular weight is 570 g/mol. The number of nitrogens with two attached hydrogens (primary N) is 1. The van der Waals surface area contributed by atoms with E-state index in [1.54, 1.807) is 55.0 Å². The van der Waals surface area contributed by atoms with Gasteiger partial charge in [-0.05, 0) is 85.3 Å². The van der Waals surface area contributed by atoms with Crippen LogP contribution in [0.15, 0.2) is 72.0 Å². The van der Waals surface area contributed by atoms with E-state index >= 15 is 0 Å². The lowest BCUT2D eigenvalue weighted by molar-refractivity contribution is 0.211. The van der Waals surface area contributed by atoms with Crippen molar-refractivity contribution in [3.63, 3.8) is 0 Å². The van der Waals surface area contributed by atoms with E-state index in [9.17, 15) is 13.7 Å². The van der Waals surface area contributed by atoms with Gasteiger partial charge >= 0.3 is 0 Å². The van der Waals surface area contributed by atoms with Gasteiger partial charge in [-0.25, -0.2) is 18.5 Å². The summed E-state index contributed by atoms with van der Waals surface area (Å²) in [5, 5.41) is 18.0. The van der Waals surface area contributed by atoms with Crippen LogP contribution in [0.25, 0.3) is 11.1 Å². The third-order valence-corrected chi connectivity index (χ3v) is 8.04. The maximum absolute atomic E-state index is 11.5. The van der Waals surface area contributed by atoms with Gasteiger partial charge in [-0.15, -0.1) is 0 Å². The van der Waals surface area contributed by atoms with Crippen LogP contribution in [0, 0.1) is 25.2 Å². The van der Waals surface area contributed by atoms with Crippen molar-refractivity contribution < 1.29 is 13.2 Å². The number of anilines is 1. The molecule has 0 radical (unpaired) electrons. The van der Waals surface area contributed by atoms with E-state index in [2.05, 4.69) is 26.3 Å². The van der Waals surface area contributed by atoms with Crippen LogP contribution < -0.4 is 15.2 Å². The number of benzene rings is 2. The van der Waals surface area contributed by atoms with Crippen LogP contribution in [0.1, 0.15) is 35.1 Å². The normalized spacial score (nSPS) is 14.4. The third-order valence-electron chi connectivity index (χ3n) is 7.11. The van der Waals surface area contributed by atoms with Crippen molar-refractivity contribution in [3.05, 3.63) is 89.4 Å². The zero-order chi connectivity index (χ0) is 29.0. The second-order valence-electron chi connectivity index (χ2n) is 10.2. The molecule has 0 aliphatic carbocycles. The van der Waals surface area contributed by atoms with Crippen LogP contribution in [0.2, 0.25) is 0 Å². The van der Waals surface area contributed by atoms with Crippen molar-refractivity contribution in [1.82, 2.24) is 19.9 Å². The number of nitrogens with zero attached hydrogens (tertiary/aromatic N) is 5. The Morgan fingerprint density at radius 3 is 2.34 bits per heavy atom. The molecule has 11 heteroatoms. The summed E-state index contributed by atoms with van der Waals surface area (Å²) in [6, 6.07) is 16.5. The Hall–Kier alpha value is -4.37. The molecular weight excluding hydrogens is 538 g/mol. The number of sulfonamides is 1. The Morgan fingerprint density at radius 1 is 1.07 bits per heavy atom. The van der Waals surface area contributed by atoms with Crippen molar-refractivity contribution in [2.24, 2.45) is 5.14 Å². The molecule has 5 rings (SSSR count). The van der Waals surface area contributed by atoms with Gasteiger partial charge in [0.15, 0.2) is 0 Å². The number of pyridine rings is 1. The van der Waals surface area contributed by atoms with Gasteiger partial charge in [-0.2, -0.15) is 10.2 Å². The predicted molar refractivity (Wildman–Crippen MR) is 156 cm³/mol. The summed E-state index contributed by atoms with van der Waals surface area (Å²) in [5.74, 6) is 1.57. The molecule has 0 amide bonds. The molecule has 4 aromatic rings. The fourth-order valence-corrected chi connectivity index (χ4v) is 5.49. The van der Waals surface area contributed by atoms with E-state index in [1.807, 2.05) is 26.0 Å². The van der Waals surface area contributed by atoms with Crippen LogP contribution in [-0.2, 0) is 16.6 Å². The minimum absolute atomic E-state index is 0.118. The van der Waals surface area contributed by atoms with Gasteiger partial charge in [-0.3, -0.25) is 9.88 Å². The second kappa shape index (κ2) is 12.0. The van der Waals surface area contributed by atoms with E-state index in [-0.39, 0.29) is 10.9 Å². The highest BCUT2D eigenvalue weighted by Crippen LogP contribution is 2.35. The highest BCUT2D eigenvalue weighted by Gasteiger charge is 2.22. The molecule has 10 nitrogen and oxygen atoms in total. The molecule has 0 bridgehead atoms. The molecule has 2 aromatic heterocycles. The van der Waals surface area contributed by atoms with E-state index in [0.29, 0.717) is 23.1 Å². The maximum atomic E-state index is 11.5. The molecule has 2 aromatic carbocycles. The standard InChI is InChI=1S/C30H31N7O3S/c1-20-15-23(17-31)16-21(2)28(20)40-29-27(24-7-11-33-12-8-24)18-34-30(36-29)35-25-9-13-37(14-10-25)19-22-3-5-26(6-4-22)41(32,38)39/h3-8,11-12,15-16,18,25H,9-10,13-14,19H2,1-2H3,(H2,32,38,39)(H,34,35,36). The number of hydrogen-bond donors (Lipinski definition) is 2. The van der Waals surface area contributed by atoms with Gasteiger partial charge < -0.3 is 10.1 Å². The Kier molecular flexibility index (Phi) is 8.26. The molecule has 41 heavy (non-hydrogen) atoms. The Labute approximate surface area is 239 Å². The Bertz CT molecular complexity index is 1660. The summed E-state index contributed by atoms with van der Waals surface area (Å²) in [6.45, 7) is 6.30. The maximum Gasteiger partial charge on any atom is 0.238 e. The number of aromatic nitrogens is 3. The van der Waals surface area contributed by atoms with Gasteiger partial charge in [-0.1, -0.05) is 12.1 Å². The van der Waals surface area contributed by atoms with Gasteiger partial charge in [0.2, 0.25) is 21.9 Å². The first-order chi connectivity index (χ1) is 19.7. The molecule has 0 spiro atoms. The first kappa shape index (κ1) is 28.2. The summed E-state index contributed by atoms with van der Waals surface area (Å²) >= 11 is 0. The zero-order valence-corrected chi connectivity index (χ0v) is 23.7. The molecule has 0 unspecified atom stereocenters. The highest BCUT2D eigenvalue weighted by atomic mass is 32.2. The minimum atomic E-state index is -3.69. The quantitative estimate of drug-likeness (QED) is 0.312. The number of piperidine rings is 1. The van der Waals surface area contributed by atoms with Gasteiger partial charge in [0.25, 0.3) is 0 Å². The van der Waals surface area contributed by atoms with Crippen molar-refractivity contribution in [1.29, 1.82) is 5.26 Å².